The number of benzene rings is 2. The van der Waals surface area contributed by atoms with Gasteiger partial charge in [0.25, 0.3) is 0 Å². The van der Waals surface area contributed by atoms with E-state index in [2.05, 4.69) is 13.8 Å². The molecule has 0 aliphatic rings. The largest absolute Gasteiger partial charge is 0.494 e. The Morgan fingerprint density at radius 2 is 1.81 bits per heavy atom. The van der Waals surface area contributed by atoms with Crippen molar-refractivity contribution in [2.75, 3.05) is 13.2 Å². The van der Waals surface area contributed by atoms with Crippen molar-refractivity contribution in [1.29, 1.82) is 0 Å². The van der Waals surface area contributed by atoms with Gasteiger partial charge in [-0.3, -0.25) is 4.79 Å². The standard InChI is InChI=1S/C22H27Cl2NO2/c1-4-27-20-9-5-17(6-10-20)15-25(22(26)13-16(2)3)12-11-18-7-8-19(23)14-21(18)24/h5-10,14,16H,4,11-13,15H2,1-3H3. The maximum Gasteiger partial charge on any atom is 0.223 e. The minimum atomic E-state index is 0.156. The lowest BCUT2D eigenvalue weighted by atomic mass is 10.1. The molecule has 0 saturated heterocycles. The van der Waals surface area contributed by atoms with Crippen LogP contribution in [-0.2, 0) is 17.8 Å². The van der Waals surface area contributed by atoms with Crippen LogP contribution in [0, 0.1) is 5.92 Å². The molecule has 0 N–H and O–H groups in total. The van der Waals surface area contributed by atoms with E-state index in [-0.39, 0.29) is 5.91 Å². The number of nitrogens with zero attached hydrogens (tertiary/aromatic N) is 1. The topological polar surface area (TPSA) is 29.5 Å². The number of amides is 1. The molecule has 0 radical (unpaired) electrons. The molecule has 3 nitrogen and oxygen atoms in total. The van der Waals surface area contributed by atoms with Crippen LogP contribution in [0.1, 0.15) is 38.3 Å². The molecule has 27 heavy (non-hydrogen) atoms. The molecule has 5 heteroatoms. The number of ether oxygens (including phenoxy) is 1. The second-order valence-corrected chi connectivity index (χ2v) is 7.82. The van der Waals surface area contributed by atoms with E-state index in [4.69, 9.17) is 27.9 Å². The van der Waals surface area contributed by atoms with Gasteiger partial charge < -0.3 is 9.64 Å². The van der Waals surface area contributed by atoms with Gasteiger partial charge in [-0.1, -0.05) is 55.2 Å². The minimum absolute atomic E-state index is 0.156. The SMILES string of the molecule is CCOc1ccc(CN(CCc2ccc(Cl)cc2Cl)C(=O)CC(C)C)cc1. The van der Waals surface area contributed by atoms with Gasteiger partial charge in [0, 0.05) is 29.6 Å². The van der Waals surface area contributed by atoms with Crippen molar-refractivity contribution in [2.45, 2.75) is 40.2 Å². The molecule has 0 unspecified atom stereocenters. The molecule has 0 aliphatic heterocycles. The van der Waals surface area contributed by atoms with Crippen molar-refractivity contribution in [3.63, 3.8) is 0 Å². The van der Waals surface area contributed by atoms with Crippen molar-refractivity contribution < 1.29 is 9.53 Å². The Bertz CT molecular complexity index is 744. The van der Waals surface area contributed by atoms with Gasteiger partial charge in [-0.05, 0) is 54.7 Å². The van der Waals surface area contributed by atoms with Crippen molar-refractivity contribution in [3.05, 3.63) is 63.6 Å². The van der Waals surface area contributed by atoms with E-state index >= 15 is 0 Å². The first-order chi connectivity index (χ1) is 12.9. The smallest absolute Gasteiger partial charge is 0.223 e. The van der Waals surface area contributed by atoms with Crippen LogP contribution in [0.4, 0.5) is 0 Å². The van der Waals surface area contributed by atoms with Gasteiger partial charge in [-0.2, -0.15) is 0 Å². The van der Waals surface area contributed by atoms with Crippen LogP contribution in [0.5, 0.6) is 5.75 Å². The molecule has 0 atom stereocenters. The average molecular weight is 408 g/mol. The lowest BCUT2D eigenvalue weighted by molar-refractivity contribution is -0.132. The summed E-state index contributed by atoms with van der Waals surface area (Å²) in [5, 5.41) is 1.26. The second kappa shape index (κ2) is 10.6. The van der Waals surface area contributed by atoms with E-state index in [1.807, 2.05) is 48.2 Å². The Balaban J connectivity index is 2.09. The minimum Gasteiger partial charge on any atom is -0.494 e. The summed E-state index contributed by atoms with van der Waals surface area (Å²) in [5.41, 5.74) is 2.08. The maximum atomic E-state index is 12.7. The van der Waals surface area contributed by atoms with Gasteiger partial charge in [-0.25, -0.2) is 0 Å². The van der Waals surface area contributed by atoms with Gasteiger partial charge in [0.1, 0.15) is 5.75 Å². The summed E-state index contributed by atoms with van der Waals surface area (Å²) in [6, 6.07) is 13.4. The van der Waals surface area contributed by atoms with Crippen LogP contribution < -0.4 is 4.74 Å². The van der Waals surface area contributed by atoms with Crippen LogP contribution in [-0.4, -0.2) is 24.0 Å². The van der Waals surface area contributed by atoms with Gasteiger partial charge in [0.2, 0.25) is 5.91 Å². The number of hydrogen-bond donors (Lipinski definition) is 0. The third-order valence-corrected chi connectivity index (χ3v) is 4.80. The Labute approximate surface area is 172 Å². The first-order valence-corrected chi connectivity index (χ1v) is 10.1. The van der Waals surface area contributed by atoms with Crippen LogP contribution in [0.3, 0.4) is 0 Å². The Morgan fingerprint density at radius 1 is 1.11 bits per heavy atom. The van der Waals surface area contributed by atoms with Crippen molar-refractivity contribution in [2.24, 2.45) is 5.92 Å². The quantitative estimate of drug-likeness (QED) is 0.509. The lowest BCUT2D eigenvalue weighted by Gasteiger charge is -2.24. The number of hydrogen-bond acceptors (Lipinski definition) is 2. The third kappa shape index (κ3) is 7.08. The van der Waals surface area contributed by atoms with E-state index in [1.165, 1.54) is 0 Å². The lowest BCUT2D eigenvalue weighted by Crippen LogP contribution is -2.33. The first-order valence-electron chi connectivity index (χ1n) is 9.32. The average Bonchev–Trinajstić information content (AvgIpc) is 2.61. The Morgan fingerprint density at radius 3 is 2.41 bits per heavy atom. The zero-order valence-corrected chi connectivity index (χ0v) is 17.7. The Hall–Kier alpha value is -1.71. The van der Waals surface area contributed by atoms with E-state index < -0.39 is 0 Å². The summed E-state index contributed by atoms with van der Waals surface area (Å²) in [4.78, 5) is 14.6. The second-order valence-electron chi connectivity index (χ2n) is 6.98. The fourth-order valence-electron chi connectivity index (χ4n) is 2.83. The van der Waals surface area contributed by atoms with Crippen LogP contribution in [0.15, 0.2) is 42.5 Å². The highest BCUT2D eigenvalue weighted by Gasteiger charge is 2.16. The highest BCUT2D eigenvalue weighted by atomic mass is 35.5. The summed E-state index contributed by atoms with van der Waals surface area (Å²) in [7, 11) is 0. The summed E-state index contributed by atoms with van der Waals surface area (Å²) < 4.78 is 5.49. The van der Waals surface area contributed by atoms with Crippen LogP contribution >= 0.6 is 23.2 Å². The molecule has 0 saturated carbocycles. The summed E-state index contributed by atoms with van der Waals surface area (Å²) in [6.07, 6.45) is 1.22. The summed E-state index contributed by atoms with van der Waals surface area (Å²) in [6.45, 7) is 7.90. The molecular weight excluding hydrogens is 381 g/mol. The molecule has 2 aromatic carbocycles. The molecule has 2 rings (SSSR count). The first kappa shape index (κ1) is 21.6. The zero-order chi connectivity index (χ0) is 19.8. The molecule has 0 heterocycles. The molecule has 0 spiro atoms. The predicted molar refractivity (Wildman–Crippen MR) is 113 cm³/mol. The fourth-order valence-corrected chi connectivity index (χ4v) is 3.33. The van der Waals surface area contributed by atoms with E-state index in [0.29, 0.717) is 48.5 Å². The van der Waals surface area contributed by atoms with Crippen molar-refractivity contribution in [3.8, 4) is 5.75 Å². The molecule has 0 fully saturated rings. The molecule has 2 aromatic rings. The summed E-state index contributed by atoms with van der Waals surface area (Å²) in [5.74, 6) is 1.32. The molecular formula is C22H27Cl2NO2. The van der Waals surface area contributed by atoms with Gasteiger partial charge in [-0.15, -0.1) is 0 Å². The maximum absolute atomic E-state index is 12.7. The van der Waals surface area contributed by atoms with E-state index in [0.717, 1.165) is 16.9 Å². The molecule has 146 valence electrons. The number of carbonyl (C=O) groups excluding carboxylic acids is 1. The van der Waals surface area contributed by atoms with Crippen LogP contribution in [0.2, 0.25) is 10.0 Å². The van der Waals surface area contributed by atoms with E-state index in [1.54, 1.807) is 6.07 Å². The third-order valence-electron chi connectivity index (χ3n) is 4.21. The Kier molecular flexibility index (Phi) is 8.46. The number of halogens is 2. The predicted octanol–water partition coefficient (Wildman–Crippen LogP) is 6.01. The highest BCUT2D eigenvalue weighted by Crippen LogP contribution is 2.22. The van der Waals surface area contributed by atoms with Gasteiger partial charge in [0.15, 0.2) is 0 Å². The highest BCUT2D eigenvalue weighted by molar-refractivity contribution is 6.35. The molecule has 0 aromatic heterocycles. The molecule has 0 aliphatic carbocycles. The van der Waals surface area contributed by atoms with Gasteiger partial charge >= 0.3 is 0 Å². The number of rotatable bonds is 9. The normalized spacial score (nSPS) is 10.9. The molecule has 0 bridgehead atoms. The van der Waals surface area contributed by atoms with Crippen molar-refractivity contribution in [1.82, 2.24) is 4.90 Å². The summed E-state index contributed by atoms with van der Waals surface area (Å²) >= 11 is 12.3. The van der Waals surface area contributed by atoms with Gasteiger partial charge in [0.05, 0.1) is 6.61 Å². The van der Waals surface area contributed by atoms with Crippen LogP contribution in [0.25, 0.3) is 0 Å². The monoisotopic (exact) mass is 407 g/mol. The fraction of sp³-hybridized carbons (Fsp3) is 0.409. The van der Waals surface area contributed by atoms with Crippen molar-refractivity contribution >= 4 is 29.1 Å². The molecule has 1 amide bonds. The zero-order valence-electron chi connectivity index (χ0n) is 16.2. The number of carbonyl (C=O) groups is 1. The van der Waals surface area contributed by atoms with E-state index in [9.17, 15) is 4.79 Å².